The monoisotopic (exact) mass is 549 g/mol. The van der Waals surface area contributed by atoms with Crippen LogP contribution in [0.2, 0.25) is 0 Å². The molecule has 0 unspecified atom stereocenters. The van der Waals surface area contributed by atoms with E-state index >= 15 is 0 Å². The first-order valence-corrected chi connectivity index (χ1v) is 12.8. The van der Waals surface area contributed by atoms with Gasteiger partial charge >= 0.3 is 6.18 Å². The van der Waals surface area contributed by atoms with Gasteiger partial charge in [0.15, 0.2) is 5.11 Å². The van der Waals surface area contributed by atoms with E-state index in [1.165, 1.54) is 6.07 Å². The molecule has 0 radical (unpaired) electrons. The van der Waals surface area contributed by atoms with Crippen LogP contribution in [0.1, 0.15) is 47.9 Å². The molecule has 6 nitrogen and oxygen atoms in total. The summed E-state index contributed by atoms with van der Waals surface area (Å²) in [6, 6.07) is 19.4. The molecule has 0 bridgehead atoms. The number of rotatable bonds is 6. The number of nitrogens with one attached hydrogen (secondary N) is 2. The van der Waals surface area contributed by atoms with E-state index in [2.05, 4.69) is 15.6 Å². The van der Waals surface area contributed by atoms with Gasteiger partial charge in [-0.15, -0.1) is 0 Å². The number of carbonyl (C=O) groups is 1. The molecule has 2 atom stereocenters. The lowest BCUT2D eigenvalue weighted by molar-refractivity contribution is -0.137. The lowest BCUT2D eigenvalue weighted by atomic mass is 10.00. The van der Waals surface area contributed by atoms with Gasteiger partial charge in [0.05, 0.1) is 17.3 Å². The zero-order chi connectivity index (χ0) is 27.7. The van der Waals surface area contributed by atoms with Crippen molar-refractivity contribution in [2.75, 3.05) is 10.2 Å². The normalized spacial score (nSPS) is 17.3. The van der Waals surface area contributed by atoms with E-state index in [-0.39, 0.29) is 11.9 Å². The Kier molecular flexibility index (Phi) is 7.14. The van der Waals surface area contributed by atoms with Gasteiger partial charge < -0.3 is 20.1 Å². The highest BCUT2D eigenvalue weighted by atomic mass is 32.1. The van der Waals surface area contributed by atoms with Crippen LogP contribution >= 0.6 is 12.2 Å². The summed E-state index contributed by atoms with van der Waals surface area (Å²) in [4.78, 5) is 18.5. The number of aromatic nitrogens is 2. The van der Waals surface area contributed by atoms with Crippen LogP contribution in [0.25, 0.3) is 5.69 Å². The van der Waals surface area contributed by atoms with Crippen molar-refractivity contribution >= 4 is 34.6 Å². The molecular weight excluding hydrogens is 523 g/mol. The van der Waals surface area contributed by atoms with Crippen LogP contribution < -0.4 is 15.5 Å². The highest BCUT2D eigenvalue weighted by Gasteiger charge is 2.42. The Morgan fingerprint density at radius 1 is 1.05 bits per heavy atom. The minimum absolute atomic E-state index is 0.0868. The standard InChI is InChI=1S/C29H26F3N5OS/c1-3-25(38)34-22-13-12-21(16-18(22)2)37-27(26(35-28(37)39)23-10-4-5-14-33-23)24-11-7-15-36(24)20-9-6-8-19(17-20)29(30,31)32/h4-17,26-27H,3H2,1-2H3,(H,34,38)(H,35,39)/t26-,27-/m1/s1. The predicted molar refractivity (Wildman–Crippen MR) is 149 cm³/mol. The Hall–Kier alpha value is -4.18. The molecule has 1 saturated heterocycles. The third-order valence-electron chi connectivity index (χ3n) is 6.72. The Bertz CT molecular complexity index is 1520. The highest BCUT2D eigenvalue weighted by Crippen LogP contribution is 2.43. The van der Waals surface area contributed by atoms with Crippen LogP contribution in [0, 0.1) is 6.92 Å². The molecule has 0 saturated carbocycles. The van der Waals surface area contributed by atoms with Crippen LogP contribution in [-0.4, -0.2) is 20.6 Å². The molecular formula is C29H26F3N5OS. The molecule has 1 amide bonds. The minimum Gasteiger partial charge on any atom is -0.351 e. The third kappa shape index (κ3) is 5.24. The summed E-state index contributed by atoms with van der Waals surface area (Å²) in [5.74, 6) is -0.0868. The van der Waals surface area contributed by atoms with Crippen molar-refractivity contribution in [1.29, 1.82) is 0 Å². The predicted octanol–water partition coefficient (Wildman–Crippen LogP) is 6.73. The zero-order valence-electron chi connectivity index (χ0n) is 21.2. The van der Waals surface area contributed by atoms with Gasteiger partial charge in [-0.3, -0.25) is 9.78 Å². The maximum atomic E-state index is 13.5. The summed E-state index contributed by atoms with van der Waals surface area (Å²) >= 11 is 5.80. The molecule has 39 heavy (non-hydrogen) atoms. The summed E-state index contributed by atoms with van der Waals surface area (Å²) in [6.45, 7) is 3.69. The fourth-order valence-electron chi connectivity index (χ4n) is 4.81. The van der Waals surface area contributed by atoms with E-state index in [9.17, 15) is 18.0 Å². The number of pyridine rings is 1. The number of nitrogens with zero attached hydrogens (tertiary/aromatic N) is 3. The molecule has 0 aliphatic carbocycles. The molecule has 200 valence electrons. The van der Waals surface area contributed by atoms with E-state index in [0.717, 1.165) is 34.8 Å². The Morgan fingerprint density at radius 2 is 1.87 bits per heavy atom. The molecule has 1 fully saturated rings. The SMILES string of the molecule is CCC(=O)Nc1ccc(N2C(=S)N[C@H](c3ccccn3)[C@H]2c2cccn2-c2cccc(C(F)(F)F)c2)cc1C. The first-order chi connectivity index (χ1) is 18.7. The van der Waals surface area contributed by atoms with Crippen molar-refractivity contribution in [3.05, 3.63) is 108 Å². The fourth-order valence-corrected chi connectivity index (χ4v) is 5.16. The van der Waals surface area contributed by atoms with Crippen molar-refractivity contribution in [2.24, 2.45) is 0 Å². The van der Waals surface area contributed by atoms with Crippen LogP contribution in [0.5, 0.6) is 0 Å². The first-order valence-electron chi connectivity index (χ1n) is 12.4. The number of halogens is 3. The number of hydrogen-bond donors (Lipinski definition) is 2. The van der Waals surface area contributed by atoms with Gasteiger partial charge in [0, 0.05) is 41.6 Å². The number of alkyl halides is 3. The molecule has 4 aromatic rings. The largest absolute Gasteiger partial charge is 0.416 e. The molecule has 2 aromatic heterocycles. The Labute approximate surface area is 229 Å². The zero-order valence-corrected chi connectivity index (χ0v) is 22.1. The smallest absolute Gasteiger partial charge is 0.351 e. The van der Waals surface area contributed by atoms with Crippen molar-refractivity contribution in [3.63, 3.8) is 0 Å². The number of hydrogen-bond acceptors (Lipinski definition) is 3. The number of amides is 1. The van der Waals surface area contributed by atoms with Crippen LogP contribution in [0.3, 0.4) is 0 Å². The lowest BCUT2D eigenvalue weighted by Gasteiger charge is -2.29. The van der Waals surface area contributed by atoms with Crippen LogP contribution in [0.4, 0.5) is 24.5 Å². The second-order valence-corrected chi connectivity index (χ2v) is 9.64. The molecule has 2 aromatic carbocycles. The van der Waals surface area contributed by atoms with Gasteiger partial charge in [0.1, 0.15) is 6.04 Å². The second kappa shape index (κ2) is 10.5. The summed E-state index contributed by atoms with van der Waals surface area (Å²) in [5.41, 5.74) is 3.47. The number of aryl methyl sites for hydroxylation is 1. The fraction of sp³-hybridized carbons (Fsp3) is 0.207. The van der Waals surface area contributed by atoms with E-state index in [0.29, 0.717) is 22.9 Å². The van der Waals surface area contributed by atoms with Gasteiger partial charge in [-0.25, -0.2) is 0 Å². The summed E-state index contributed by atoms with van der Waals surface area (Å²) in [6.07, 6.45) is -0.661. The summed E-state index contributed by atoms with van der Waals surface area (Å²) < 4.78 is 42.3. The van der Waals surface area contributed by atoms with Crippen molar-refractivity contribution in [3.8, 4) is 5.69 Å². The van der Waals surface area contributed by atoms with Crippen LogP contribution in [-0.2, 0) is 11.0 Å². The lowest BCUT2D eigenvalue weighted by Crippen LogP contribution is -2.30. The number of anilines is 2. The highest BCUT2D eigenvalue weighted by molar-refractivity contribution is 7.80. The van der Waals surface area contributed by atoms with Gasteiger partial charge in [0.2, 0.25) is 5.91 Å². The maximum absolute atomic E-state index is 13.5. The molecule has 2 N–H and O–H groups in total. The van der Waals surface area contributed by atoms with Crippen molar-refractivity contribution in [1.82, 2.24) is 14.9 Å². The molecule has 3 heterocycles. The average Bonchev–Trinajstić information content (AvgIpc) is 3.54. The number of carbonyl (C=O) groups excluding carboxylic acids is 1. The number of thiocarbonyl (C=S) groups is 1. The van der Waals surface area contributed by atoms with E-state index in [1.54, 1.807) is 36.0 Å². The second-order valence-electron chi connectivity index (χ2n) is 9.25. The Balaban J connectivity index is 1.62. The summed E-state index contributed by atoms with van der Waals surface area (Å²) in [7, 11) is 0. The van der Waals surface area contributed by atoms with E-state index in [4.69, 9.17) is 12.2 Å². The quantitative estimate of drug-likeness (QED) is 0.261. The van der Waals surface area contributed by atoms with Gasteiger partial charge in [-0.2, -0.15) is 13.2 Å². The number of benzene rings is 2. The van der Waals surface area contributed by atoms with E-state index in [1.807, 2.05) is 54.3 Å². The van der Waals surface area contributed by atoms with Gasteiger partial charge in [0.25, 0.3) is 0 Å². The molecule has 0 spiro atoms. The first kappa shape index (κ1) is 26.4. The topological polar surface area (TPSA) is 62.2 Å². The van der Waals surface area contributed by atoms with Crippen LogP contribution in [0.15, 0.2) is 85.2 Å². The van der Waals surface area contributed by atoms with Gasteiger partial charge in [-0.1, -0.05) is 19.1 Å². The average molecular weight is 550 g/mol. The molecule has 1 aliphatic rings. The van der Waals surface area contributed by atoms with Gasteiger partial charge in [-0.05, 0) is 85.4 Å². The van der Waals surface area contributed by atoms with E-state index < -0.39 is 17.8 Å². The maximum Gasteiger partial charge on any atom is 0.416 e. The minimum atomic E-state index is -4.46. The van der Waals surface area contributed by atoms with Crippen molar-refractivity contribution < 1.29 is 18.0 Å². The summed E-state index contributed by atoms with van der Waals surface area (Å²) in [5, 5.41) is 6.73. The Morgan fingerprint density at radius 3 is 2.56 bits per heavy atom. The molecule has 10 heteroatoms. The molecule has 5 rings (SSSR count). The molecule has 1 aliphatic heterocycles. The third-order valence-corrected chi connectivity index (χ3v) is 7.03. The van der Waals surface area contributed by atoms with Crippen molar-refractivity contribution in [2.45, 2.75) is 38.5 Å².